The average Bonchev–Trinajstić information content (AvgIpc) is 3.27. The first-order chi connectivity index (χ1) is 16.6. The van der Waals surface area contributed by atoms with Gasteiger partial charge in [0, 0.05) is 31.5 Å². The highest BCUT2D eigenvalue weighted by Crippen LogP contribution is 2.24. The van der Waals surface area contributed by atoms with E-state index in [1.807, 2.05) is 52.8 Å². The molecule has 0 saturated heterocycles. The lowest BCUT2D eigenvalue weighted by atomic mass is 10.1. The Kier molecular flexibility index (Phi) is 8.32. The molecule has 0 unspecified atom stereocenters. The number of amides is 1. The quantitative estimate of drug-likeness (QED) is 0.453. The second-order valence-corrected chi connectivity index (χ2v) is 9.31. The van der Waals surface area contributed by atoms with E-state index in [0.29, 0.717) is 18.2 Å². The van der Waals surface area contributed by atoms with Crippen LogP contribution < -0.4 is 21.9 Å². The average molecular weight is 482 g/mol. The van der Waals surface area contributed by atoms with Gasteiger partial charge < -0.3 is 15.1 Å². The number of aromatic amines is 1. The van der Waals surface area contributed by atoms with E-state index in [4.69, 9.17) is 10.2 Å². The summed E-state index contributed by atoms with van der Waals surface area (Å²) in [6, 6.07) is 6.05. The highest BCUT2D eigenvalue weighted by atomic mass is 16.4. The van der Waals surface area contributed by atoms with Crippen LogP contribution in [0.5, 0.6) is 0 Å². The summed E-state index contributed by atoms with van der Waals surface area (Å²) in [7, 11) is 0. The fraction of sp³-hybridized carbons (Fsp3) is 0.462. The summed E-state index contributed by atoms with van der Waals surface area (Å²) in [5.41, 5.74) is 8.31. The molecule has 0 radical (unpaired) electrons. The van der Waals surface area contributed by atoms with E-state index in [9.17, 15) is 14.4 Å². The number of nitrogens with one attached hydrogen (secondary N) is 1. The first-order valence-corrected chi connectivity index (χ1v) is 12.1. The topological polar surface area (TPSA) is 127 Å². The van der Waals surface area contributed by atoms with Crippen molar-refractivity contribution in [2.75, 3.05) is 17.2 Å². The standard InChI is InChI=1S/C26H35N5O4/c1-6-7-12-30-24(27)23(25(33)29-26(30)34)31(15-16(2)3)22(32)11-10-21-28-14-20(35-21)19-9-8-17(4)18(5)13-19/h8-9,13-14,16H,6-7,10-12,15,27H2,1-5H3,(H,29,33,34). The Morgan fingerprint density at radius 3 is 2.63 bits per heavy atom. The first-order valence-electron chi connectivity index (χ1n) is 12.1. The van der Waals surface area contributed by atoms with Crippen LogP contribution in [0.4, 0.5) is 11.5 Å². The lowest BCUT2D eigenvalue weighted by molar-refractivity contribution is -0.118. The highest BCUT2D eigenvalue weighted by molar-refractivity contribution is 5.95. The Balaban J connectivity index is 1.83. The van der Waals surface area contributed by atoms with E-state index in [1.165, 1.54) is 15.0 Å². The summed E-state index contributed by atoms with van der Waals surface area (Å²) < 4.78 is 7.21. The molecule has 188 valence electrons. The predicted octanol–water partition coefficient (Wildman–Crippen LogP) is 3.81. The fourth-order valence-corrected chi connectivity index (χ4v) is 3.86. The zero-order chi connectivity index (χ0) is 25.7. The van der Waals surface area contributed by atoms with E-state index in [-0.39, 0.29) is 42.7 Å². The second-order valence-electron chi connectivity index (χ2n) is 9.31. The number of nitrogens with zero attached hydrogens (tertiary/aromatic N) is 3. The number of hydrogen-bond donors (Lipinski definition) is 2. The molecule has 0 aliphatic rings. The van der Waals surface area contributed by atoms with Crippen LogP contribution in [0.15, 0.2) is 38.4 Å². The third kappa shape index (κ3) is 6.09. The van der Waals surface area contributed by atoms with Crippen molar-refractivity contribution in [3.63, 3.8) is 0 Å². The van der Waals surface area contributed by atoms with Crippen LogP contribution in [-0.2, 0) is 17.8 Å². The molecule has 9 heteroatoms. The Bertz CT molecular complexity index is 1300. The van der Waals surface area contributed by atoms with Crippen molar-refractivity contribution in [3.05, 3.63) is 62.3 Å². The minimum Gasteiger partial charge on any atom is -0.441 e. The molecule has 0 spiro atoms. The normalized spacial score (nSPS) is 11.3. The molecule has 0 atom stereocenters. The molecule has 0 saturated carbocycles. The number of anilines is 2. The molecule has 3 rings (SSSR count). The molecule has 0 bridgehead atoms. The molecule has 0 aliphatic heterocycles. The number of H-pyrrole nitrogens is 1. The van der Waals surface area contributed by atoms with Crippen LogP contribution in [0.1, 0.15) is 57.1 Å². The smallest absolute Gasteiger partial charge is 0.330 e. The molecular weight excluding hydrogens is 446 g/mol. The largest absolute Gasteiger partial charge is 0.441 e. The number of nitrogen functional groups attached to an aromatic ring is 1. The van der Waals surface area contributed by atoms with Crippen LogP contribution in [0.2, 0.25) is 0 Å². The number of unbranched alkanes of at least 4 members (excludes halogenated alkanes) is 1. The number of carbonyl (C=O) groups is 1. The Hall–Kier alpha value is -3.62. The van der Waals surface area contributed by atoms with Crippen LogP contribution >= 0.6 is 0 Å². The van der Waals surface area contributed by atoms with Crippen molar-refractivity contribution in [3.8, 4) is 11.3 Å². The van der Waals surface area contributed by atoms with Crippen LogP contribution in [0.3, 0.4) is 0 Å². The van der Waals surface area contributed by atoms with Gasteiger partial charge in [-0.25, -0.2) is 9.78 Å². The maximum atomic E-state index is 13.3. The van der Waals surface area contributed by atoms with Gasteiger partial charge in [0.05, 0.1) is 6.20 Å². The summed E-state index contributed by atoms with van der Waals surface area (Å²) >= 11 is 0. The van der Waals surface area contributed by atoms with Crippen LogP contribution in [0.25, 0.3) is 11.3 Å². The number of hydrogen-bond acceptors (Lipinski definition) is 6. The van der Waals surface area contributed by atoms with Crippen molar-refractivity contribution in [1.29, 1.82) is 0 Å². The van der Waals surface area contributed by atoms with Crippen molar-refractivity contribution in [2.45, 2.75) is 66.8 Å². The minimum atomic E-state index is -0.664. The van der Waals surface area contributed by atoms with Crippen LogP contribution in [0, 0.1) is 19.8 Å². The third-order valence-electron chi connectivity index (χ3n) is 5.97. The molecule has 3 N–H and O–H groups in total. The second kappa shape index (κ2) is 11.2. The van der Waals surface area contributed by atoms with Gasteiger partial charge in [-0.1, -0.05) is 39.3 Å². The number of nitrogens with two attached hydrogens (primary N) is 1. The zero-order valence-electron chi connectivity index (χ0n) is 21.2. The maximum Gasteiger partial charge on any atom is 0.330 e. The van der Waals surface area contributed by atoms with E-state index in [1.54, 1.807) is 6.20 Å². The SMILES string of the molecule is CCCCn1c(N)c(N(CC(C)C)C(=O)CCc2ncc(-c3ccc(C)c(C)c3)o2)c(=O)[nH]c1=O. The van der Waals surface area contributed by atoms with Crippen molar-refractivity contribution in [1.82, 2.24) is 14.5 Å². The van der Waals surface area contributed by atoms with Crippen molar-refractivity contribution >= 4 is 17.4 Å². The van der Waals surface area contributed by atoms with Gasteiger partial charge in [-0.05, 0) is 43.4 Å². The number of oxazole rings is 1. The fourth-order valence-electron chi connectivity index (χ4n) is 3.86. The molecule has 0 fully saturated rings. The van der Waals surface area contributed by atoms with Gasteiger partial charge in [-0.3, -0.25) is 19.1 Å². The zero-order valence-corrected chi connectivity index (χ0v) is 21.2. The number of rotatable bonds is 10. The molecule has 2 heterocycles. The number of aromatic nitrogens is 3. The van der Waals surface area contributed by atoms with Crippen LogP contribution in [-0.4, -0.2) is 27.0 Å². The minimum absolute atomic E-state index is 0.00866. The molecule has 1 aromatic carbocycles. The van der Waals surface area contributed by atoms with Gasteiger partial charge in [-0.2, -0.15) is 0 Å². The van der Waals surface area contributed by atoms with E-state index in [0.717, 1.165) is 24.0 Å². The molecule has 35 heavy (non-hydrogen) atoms. The van der Waals surface area contributed by atoms with E-state index in [2.05, 4.69) is 9.97 Å². The molecule has 0 aliphatic carbocycles. The highest BCUT2D eigenvalue weighted by Gasteiger charge is 2.25. The molecule has 3 aromatic rings. The summed E-state index contributed by atoms with van der Waals surface area (Å²) in [4.78, 5) is 46.3. The van der Waals surface area contributed by atoms with Gasteiger partial charge >= 0.3 is 5.69 Å². The monoisotopic (exact) mass is 481 g/mol. The maximum absolute atomic E-state index is 13.3. The van der Waals surface area contributed by atoms with Gasteiger partial charge in [0.15, 0.2) is 17.3 Å². The van der Waals surface area contributed by atoms with Crippen molar-refractivity contribution in [2.24, 2.45) is 5.92 Å². The molecule has 1 amide bonds. The number of aryl methyl sites for hydroxylation is 3. The third-order valence-corrected chi connectivity index (χ3v) is 5.97. The van der Waals surface area contributed by atoms with Gasteiger partial charge in [0.25, 0.3) is 5.56 Å². The van der Waals surface area contributed by atoms with Gasteiger partial charge in [0.1, 0.15) is 5.82 Å². The summed E-state index contributed by atoms with van der Waals surface area (Å²) in [6.45, 7) is 10.6. The lowest BCUT2D eigenvalue weighted by Gasteiger charge is -2.26. The molecular formula is C26H35N5O4. The Labute approximate surface area is 205 Å². The Morgan fingerprint density at radius 1 is 1.23 bits per heavy atom. The summed E-state index contributed by atoms with van der Waals surface area (Å²) in [6.07, 6.45) is 3.58. The predicted molar refractivity (Wildman–Crippen MR) is 138 cm³/mol. The lowest BCUT2D eigenvalue weighted by Crippen LogP contribution is -2.42. The molecule has 2 aromatic heterocycles. The molecule has 9 nitrogen and oxygen atoms in total. The van der Waals surface area contributed by atoms with E-state index < -0.39 is 11.2 Å². The summed E-state index contributed by atoms with van der Waals surface area (Å²) in [5.74, 6) is 0.868. The number of carbonyl (C=O) groups excluding carboxylic acids is 1. The van der Waals surface area contributed by atoms with E-state index >= 15 is 0 Å². The van der Waals surface area contributed by atoms with Gasteiger partial charge in [-0.15, -0.1) is 0 Å². The van der Waals surface area contributed by atoms with Gasteiger partial charge in [0.2, 0.25) is 5.91 Å². The summed E-state index contributed by atoms with van der Waals surface area (Å²) in [5, 5.41) is 0. The van der Waals surface area contributed by atoms with Crippen molar-refractivity contribution < 1.29 is 9.21 Å². The number of benzene rings is 1. The first kappa shape index (κ1) is 26.0. The Morgan fingerprint density at radius 2 is 1.97 bits per heavy atom.